The van der Waals surface area contributed by atoms with Crippen molar-refractivity contribution in [2.24, 2.45) is 0 Å². The van der Waals surface area contributed by atoms with E-state index in [-0.39, 0.29) is 11.5 Å². The van der Waals surface area contributed by atoms with Gasteiger partial charge < -0.3 is 15.2 Å². The number of aromatic carboxylic acids is 1. The molecule has 0 radical (unpaired) electrons. The summed E-state index contributed by atoms with van der Waals surface area (Å²) in [6, 6.07) is 11.9. The van der Waals surface area contributed by atoms with Gasteiger partial charge >= 0.3 is 11.9 Å². The number of carboxylic acids is 1. The molecule has 0 saturated heterocycles. The number of hydrogen-bond donors (Lipinski definition) is 2. The van der Waals surface area contributed by atoms with Gasteiger partial charge in [0.25, 0.3) is 5.91 Å². The molecule has 0 saturated carbocycles. The topological polar surface area (TPSA) is 92.7 Å². The van der Waals surface area contributed by atoms with Gasteiger partial charge in [-0.05, 0) is 69.3 Å². The molecule has 6 heteroatoms. The molecule has 1 amide bonds. The van der Waals surface area contributed by atoms with E-state index in [9.17, 15) is 14.4 Å². The number of esters is 1. The van der Waals surface area contributed by atoms with Crippen molar-refractivity contribution in [3.05, 3.63) is 65.2 Å². The molecule has 0 unspecified atom stereocenters. The van der Waals surface area contributed by atoms with Crippen molar-refractivity contribution in [1.82, 2.24) is 0 Å². The van der Waals surface area contributed by atoms with Crippen molar-refractivity contribution in [1.29, 1.82) is 0 Å². The second-order valence-corrected chi connectivity index (χ2v) is 6.42. The molecule has 2 aromatic rings. The summed E-state index contributed by atoms with van der Waals surface area (Å²) in [5.41, 5.74) is 0.757. The standard InChI is InChI=1S/C19H19NO5/c1-19(2,3)25-18(24)14-6-4-12(5-7-14)16(21)20-15-10-8-13(9-11-15)17(22)23/h4-11H,1-3H3,(H,20,21)(H,22,23). The minimum atomic E-state index is -1.03. The van der Waals surface area contributed by atoms with Crippen LogP contribution in [0.2, 0.25) is 0 Å². The number of rotatable bonds is 4. The lowest BCUT2D eigenvalue weighted by Gasteiger charge is -2.19. The van der Waals surface area contributed by atoms with Crippen LogP contribution in [0.3, 0.4) is 0 Å². The summed E-state index contributed by atoms with van der Waals surface area (Å²) in [4.78, 5) is 35.0. The zero-order valence-electron chi connectivity index (χ0n) is 14.2. The fraction of sp³-hybridized carbons (Fsp3) is 0.211. The van der Waals surface area contributed by atoms with Gasteiger partial charge in [0.15, 0.2) is 0 Å². The minimum Gasteiger partial charge on any atom is -0.478 e. The van der Waals surface area contributed by atoms with Gasteiger partial charge in [-0.2, -0.15) is 0 Å². The maximum absolute atomic E-state index is 12.2. The van der Waals surface area contributed by atoms with Crippen molar-refractivity contribution in [3.8, 4) is 0 Å². The van der Waals surface area contributed by atoms with E-state index in [4.69, 9.17) is 9.84 Å². The molecule has 0 atom stereocenters. The molecule has 0 aliphatic rings. The number of carbonyl (C=O) groups excluding carboxylic acids is 2. The first-order valence-corrected chi connectivity index (χ1v) is 7.64. The number of benzene rings is 2. The Labute approximate surface area is 145 Å². The molecule has 0 aromatic heterocycles. The lowest BCUT2D eigenvalue weighted by molar-refractivity contribution is 0.00691. The Bertz CT molecular complexity index is 786. The van der Waals surface area contributed by atoms with E-state index in [1.165, 1.54) is 48.5 Å². The predicted molar refractivity (Wildman–Crippen MR) is 93.0 cm³/mol. The lowest BCUT2D eigenvalue weighted by Crippen LogP contribution is -2.24. The summed E-state index contributed by atoms with van der Waals surface area (Å²) in [6.45, 7) is 5.34. The van der Waals surface area contributed by atoms with Gasteiger partial charge in [-0.15, -0.1) is 0 Å². The molecule has 2 aromatic carbocycles. The van der Waals surface area contributed by atoms with Gasteiger partial charge in [0.05, 0.1) is 11.1 Å². The Morgan fingerprint density at radius 3 is 1.80 bits per heavy atom. The normalized spacial score (nSPS) is 10.8. The fourth-order valence-corrected chi connectivity index (χ4v) is 1.99. The molecular weight excluding hydrogens is 322 g/mol. The van der Waals surface area contributed by atoms with E-state index in [1.54, 1.807) is 20.8 Å². The number of amides is 1. The van der Waals surface area contributed by atoms with E-state index >= 15 is 0 Å². The van der Waals surface area contributed by atoms with Crippen molar-refractivity contribution in [3.63, 3.8) is 0 Å². The molecule has 0 heterocycles. The third-order valence-corrected chi connectivity index (χ3v) is 3.17. The van der Waals surface area contributed by atoms with Crippen molar-refractivity contribution in [2.75, 3.05) is 5.32 Å². The number of nitrogens with one attached hydrogen (secondary N) is 1. The van der Waals surface area contributed by atoms with Crippen LogP contribution in [0.5, 0.6) is 0 Å². The number of carbonyl (C=O) groups is 3. The van der Waals surface area contributed by atoms with Crippen LogP contribution in [0, 0.1) is 0 Å². The first-order chi connectivity index (χ1) is 11.7. The van der Waals surface area contributed by atoms with Gasteiger partial charge in [0.1, 0.15) is 5.60 Å². The van der Waals surface area contributed by atoms with Crippen molar-refractivity contribution < 1.29 is 24.2 Å². The summed E-state index contributed by atoms with van der Waals surface area (Å²) >= 11 is 0. The molecule has 0 aliphatic heterocycles. The Morgan fingerprint density at radius 2 is 1.32 bits per heavy atom. The molecule has 0 spiro atoms. The quantitative estimate of drug-likeness (QED) is 0.829. The highest BCUT2D eigenvalue weighted by Gasteiger charge is 2.18. The number of hydrogen-bond acceptors (Lipinski definition) is 4. The minimum absolute atomic E-state index is 0.139. The van der Waals surface area contributed by atoms with Crippen LogP contribution < -0.4 is 5.32 Å². The van der Waals surface area contributed by atoms with Crippen LogP contribution in [-0.2, 0) is 4.74 Å². The third kappa shape index (κ3) is 5.17. The van der Waals surface area contributed by atoms with Crippen LogP contribution in [0.4, 0.5) is 5.69 Å². The SMILES string of the molecule is CC(C)(C)OC(=O)c1ccc(C(=O)Nc2ccc(C(=O)O)cc2)cc1. The van der Waals surface area contributed by atoms with Crippen LogP contribution in [0.1, 0.15) is 51.8 Å². The summed E-state index contributed by atoms with van der Waals surface area (Å²) in [6.07, 6.45) is 0. The molecule has 0 fully saturated rings. The van der Waals surface area contributed by atoms with Crippen molar-refractivity contribution >= 4 is 23.5 Å². The Hall–Kier alpha value is -3.15. The van der Waals surface area contributed by atoms with E-state index in [0.717, 1.165) is 0 Å². The van der Waals surface area contributed by atoms with Crippen molar-refractivity contribution in [2.45, 2.75) is 26.4 Å². The highest BCUT2D eigenvalue weighted by atomic mass is 16.6. The number of carboxylic acid groups (broad SMARTS) is 1. The summed E-state index contributed by atoms with van der Waals surface area (Å²) in [5, 5.41) is 11.5. The van der Waals surface area contributed by atoms with E-state index in [0.29, 0.717) is 16.8 Å². The molecule has 0 bridgehead atoms. The van der Waals surface area contributed by atoms with Crippen LogP contribution >= 0.6 is 0 Å². The van der Waals surface area contributed by atoms with Crippen LogP contribution in [0.15, 0.2) is 48.5 Å². The average Bonchev–Trinajstić information content (AvgIpc) is 2.54. The van der Waals surface area contributed by atoms with Gasteiger partial charge in [-0.25, -0.2) is 9.59 Å². The highest BCUT2D eigenvalue weighted by Crippen LogP contribution is 2.15. The van der Waals surface area contributed by atoms with Gasteiger partial charge in [-0.1, -0.05) is 0 Å². The van der Waals surface area contributed by atoms with Crippen LogP contribution in [-0.4, -0.2) is 28.6 Å². The Kier molecular flexibility index (Phi) is 5.22. The predicted octanol–water partition coefficient (Wildman–Crippen LogP) is 3.59. The summed E-state index contributed by atoms with van der Waals surface area (Å²) < 4.78 is 5.26. The molecule has 0 aliphatic carbocycles. The first kappa shape index (κ1) is 18.2. The zero-order valence-corrected chi connectivity index (χ0v) is 14.2. The van der Waals surface area contributed by atoms with Gasteiger partial charge in [0.2, 0.25) is 0 Å². The Balaban J connectivity index is 2.05. The first-order valence-electron chi connectivity index (χ1n) is 7.64. The maximum atomic E-state index is 12.2. The van der Waals surface area contributed by atoms with Gasteiger partial charge in [0, 0.05) is 11.3 Å². The smallest absolute Gasteiger partial charge is 0.338 e. The van der Waals surface area contributed by atoms with E-state index in [2.05, 4.69) is 5.32 Å². The van der Waals surface area contributed by atoms with E-state index < -0.39 is 17.5 Å². The molecule has 130 valence electrons. The fourth-order valence-electron chi connectivity index (χ4n) is 1.99. The van der Waals surface area contributed by atoms with E-state index in [1.807, 2.05) is 0 Å². The zero-order chi connectivity index (χ0) is 18.6. The molecule has 25 heavy (non-hydrogen) atoms. The molecule has 6 nitrogen and oxygen atoms in total. The number of ether oxygens (including phenoxy) is 1. The monoisotopic (exact) mass is 341 g/mol. The summed E-state index contributed by atoms with van der Waals surface area (Å²) in [7, 11) is 0. The molecule has 2 rings (SSSR count). The number of anilines is 1. The van der Waals surface area contributed by atoms with Crippen LogP contribution in [0.25, 0.3) is 0 Å². The third-order valence-electron chi connectivity index (χ3n) is 3.17. The molecule has 2 N–H and O–H groups in total. The summed E-state index contributed by atoms with van der Waals surface area (Å²) in [5.74, 6) is -1.85. The Morgan fingerprint density at radius 1 is 0.840 bits per heavy atom. The maximum Gasteiger partial charge on any atom is 0.338 e. The largest absolute Gasteiger partial charge is 0.478 e. The lowest BCUT2D eigenvalue weighted by atomic mass is 10.1. The second kappa shape index (κ2) is 7.17. The average molecular weight is 341 g/mol. The highest BCUT2D eigenvalue weighted by molar-refractivity contribution is 6.05. The second-order valence-electron chi connectivity index (χ2n) is 6.42. The van der Waals surface area contributed by atoms with Gasteiger partial charge in [-0.3, -0.25) is 4.79 Å². The molecular formula is C19H19NO5.